The van der Waals surface area contributed by atoms with Crippen molar-refractivity contribution in [3.05, 3.63) is 105 Å². The highest BCUT2D eigenvalue weighted by Gasteiger charge is 2.49. The summed E-state index contributed by atoms with van der Waals surface area (Å²) < 4.78 is 27.6. The fraction of sp³-hybridized carbons (Fsp3) is 0.364. The van der Waals surface area contributed by atoms with Gasteiger partial charge in [0.1, 0.15) is 0 Å². The van der Waals surface area contributed by atoms with Crippen molar-refractivity contribution in [3.8, 4) is 0 Å². The molecule has 1 fully saturated rings. The molecule has 0 saturated heterocycles. The fourth-order valence-corrected chi connectivity index (χ4v) is 8.02. The van der Waals surface area contributed by atoms with Gasteiger partial charge in [-0.25, -0.2) is 13.1 Å². The quantitative estimate of drug-likeness (QED) is 0.133. The summed E-state index contributed by atoms with van der Waals surface area (Å²) in [6.45, 7) is 1.86. The average Bonchev–Trinajstić information content (AvgIpc) is 3.01. The number of nitrogens with zero attached hydrogens (tertiary/aromatic N) is 2. The number of nitrogens with one attached hydrogen (secondary N) is 2. The molecule has 3 aromatic rings. The molecular formula is C33H37Cl2N5O5S. The van der Waals surface area contributed by atoms with Crippen LogP contribution in [0, 0.1) is 0 Å². The Morgan fingerprint density at radius 3 is 2.39 bits per heavy atom. The predicted octanol–water partition coefficient (Wildman–Crippen LogP) is 5.47. The molecule has 2 aliphatic rings. The third-order valence-electron chi connectivity index (χ3n) is 8.80. The van der Waals surface area contributed by atoms with E-state index in [1.165, 1.54) is 6.21 Å². The number of amides is 2. The lowest BCUT2D eigenvalue weighted by molar-refractivity contribution is -0.125. The maximum absolute atomic E-state index is 14.5. The molecule has 10 nitrogen and oxygen atoms in total. The average molecular weight is 687 g/mol. The topological polar surface area (TPSA) is 154 Å². The summed E-state index contributed by atoms with van der Waals surface area (Å²) in [5, 5.41) is 15.7. The van der Waals surface area contributed by atoms with Crippen LogP contribution >= 0.6 is 23.2 Å². The molecule has 2 amide bonds. The number of rotatable bonds is 9. The van der Waals surface area contributed by atoms with E-state index in [1.54, 1.807) is 59.5 Å². The summed E-state index contributed by atoms with van der Waals surface area (Å²) >= 11 is 13.1. The summed E-state index contributed by atoms with van der Waals surface area (Å²) in [6, 6.07) is 16.3. The van der Waals surface area contributed by atoms with Gasteiger partial charge in [0.25, 0.3) is 5.91 Å². The Kier molecular flexibility index (Phi) is 10.4. The van der Waals surface area contributed by atoms with E-state index in [4.69, 9.17) is 34.1 Å². The molecule has 0 aromatic heterocycles. The van der Waals surface area contributed by atoms with Gasteiger partial charge in [-0.15, -0.1) is 5.16 Å². The molecule has 2 unspecified atom stereocenters. The molecular weight excluding hydrogens is 649 g/mol. The minimum atomic E-state index is -3.60. The Morgan fingerprint density at radius 2 is 1.72 bits per heavy atom. The molecule has 1 saturated carbocycles. The minimum absolute atomic E-state index is 0.294. The lowest BCUT2D eigenvalue weighted by Crippen LogP contribution is -2.59. The zero-order valence-corrected chi connectivity index (χ0v) is 27.8. The maximum Gasteiger partial charge on any atom is 0.255 e. The van der Waals surface area contributed by atoms with Crippen LogP contribution in [0.4, 0.5) is 0 Å². The van der Waals surface area contributed by atoms with Crippen molar-refractivity contribution in [2.24, 2.45) is 10.9 Å². The molecule has 244 valence electrons. The fourth-order valence-electron chi connectivity index (χ4n) is 6.68. The number of benzene rings is 3. The molecule has 3 aromatic carbocycles. The summed E-state index contributed by atoms with van der Waals surface area (Å²) in [4.78, 5) is 30.6. The molecule has 1 heterocycles. The summed E-state index contributed by atoms with van der Waals surface area (Å²) in [5.74, 6) is -1.51. The van der Waals surface area contributed by atoms with Crippen molar-refractivity contribution >= 4 is 51.3 Å². The molecule has 0 spiro atoms. The van der Waals surface area contributed by atoms with Gasteiger partial charge >= 0.3 is 0 Å². The van der Waals surface area contributed by atoms with Crippen LogP contribution < -0.4 is 15.8 Å². The number of carbonyl (C=O) groups is 2. The number of oxime groups is 1. The first-order valence-corrected chi connectivity index (χ1v) is 17.7. The molecule has 46 heavy (non-hydrogen) atoms. The molecule has 0 bridgehead atoms. The Morgan fingerprint density at radius 1 is 1.04 bits per heavy atom. The first-order chi connectivity index (χ1) is 21.9. The Hall–Kier alpha value is -3.48. The SMILES string of the molecule is CC(NC(=O)[C@@H]1c2ccccc2C(=O)N([C@H]2CCCC[C@@H]2NS(C)(=O)=O)[C@H]1c1ccc(Cl)cc1Cl)c1ccc(C(N)C=NO)cc1. The Bertz CT molecular complexity index is 1740. The number of sulfonamides is 1. The van der Waals surface area contributed by atoms with Crippen molar-refractivity contribution in [3.63, 3.8) is 0 Å². The standard InChI is InChI=1S/C33H37Cl2N5O5S/c1-19(20-11-13-21(14-12-20)27(36)18-37-43)38-32(41)30-23-7-3-4-8-24(23)33(42)40(31(30)25-16-15-22(34)17-26(25)35)29-10-6-5-9-28(29)39-46(2,44)45/h3-4,7-8,11-19,27-31,39,43H,5-6,9-10,36H2,1-2H3,(H,38,41)/t19?,27?,28-,29-,30+,31-/m0/s1. The van der Waals surface area contributed by atoms with Crippen molar-refractivity contribution in [1.29, 1.82) is 0 Å². The van der Waals surface area contributed by atoms with Gasteiger partial charge in [0.15, 0.2) is 0 Å². The number of nitrogens with two attached hydrogens (primary N) is 1. The third kappa shape index (κ3) is 7.24. The summed E-state index contributed by atoms with van der Waals surface area (Å²) in [7, 11) is -3.60. The van der Waals surface area contributed by atoms with Crippen LogP contribution in [-0.2, 0) is 14.8 Å². The molecule has 5 rings (SSSR count). The number of halogens is 2. The highest BCUT2D eigenvalue weighted by molar-refractivity contribution is 7.88. The van der Waals surface area contributed by atoms with E-state index < -0.39 is 46.2 Å². The van der Waals surface area contributed by atoms with E-state index in [-0.39, 0.29) is 11.8 Å². The molecule has 6 atom stereocenters. The van der Waals surface area contributed by atoms with Crippen LogP contribution in [-0.4, -0.2) is 54.9 Å². The van der Waals surface area contributed by atoms with Crippen LogP contribution in [0.2, 0.25) is 10.0 Å². The number of hydrogen-bond acceptors (Lipinski definition) is 7. The zero-order chi connectivity index (χ0) is 33.2. The maximum atomic E-state index is 14.5. The van der Waals surface area contributed by atoms with Gasteiger partial charge < -0.3 is 21.2 Å². The second-order valence-corrected chi connectivity index (χ2v) is 14.5. The monoisotopic (exact) mass is 685 g/mol. The van der Waals surface area contributed by atoms with Gasteiger partial charge in [-0.3, -0.25) is 9.59 Å². The van der Waals surface area contributed by atoms with Gasteiger partial charge in [0.05, 0.1) is 36.5 Å². The largest absolute Gasteiger partial charge is 0.411 e. The number of hydrogen-bond donors (Lipinski definition) is 4. The van der Waals surface area contributed by atoms with Crippen molar-refractivity contribution in [2.45, 2.75) is 68.7 Å². The lowest BCUT2D eigenvalue weighted by atomic mass is 9.76. The van der Waals surface area contributed by atoms with E-state index in [9.17, 15) is 18.0 Å². The van der Waals surface area contributed by atoms with E-state index in [1.807, 2.05) is 19.1 Å². The van der Waals surface area contributed by atoms with Gasteiger partial charge in [-0.1, -0.05) is 84.6 Å². The van der Waals surface area contributed by atoms with Gasteiger partial charge in [0.2, 0.25) is 15.9 Å². The van der Waals surface area contributed by atoms with E-state index >= 15 is 0 Å². The normalized spacial score (nSPS) is 23.2. The molecule has 1 aliphatic carbocycles. The number of fused-ring (bicyclic) bond motifs is 1. The van der Waals surface area contributed by atoms with E-state index in [0.29, 0.717) is 39.6 Å². The zero-order valence-electron chi connectivity index (χ0n) is 25.4. The van der Waals surface area contributed by atoms with Crippen molar-refractivity contribution < 1.29 is 23.2 Å². The molecule has 5 N–H and O–H groups in total. The van der Waals surface area contributed by atoms with Crippen LogP contribution in [0.25, 0.3) is 0 Å². The molecule has 1 aliphatic heterocycles. The minimum Gasteiger partial charge on any atom is -0.411 e. The van der Waals surface area contributed by atoms with Crippen LogP contribution in [0.5, 0.6) is 0 Å². The molecule has 13 heteroatoms. The second-order valence-electron chi connectivity index (χ2n) is 11.9. The predicted molar refractivity (Wildman–Crippen MR) is 179 cm³/mol. The van der Waals surface area contributed by atoms with Crippen molar-refractivity contribution in [1.82, 2.24) is 14.9 Å². The molecule has 0 radical (unpaired) electrons. The first kappa shape index (κ1) is 33.9. The highest BCUT2D eigenvalue weighted by Crippen LogP contribution is 2.48. The summed E-state index contributed by atoms with van der Waals surface area (Å²) in [5.41, 5.74) is 9.02. The number of carbonyl (C=O) groups excluding carboxylic acids is 2. The van der Waals surface area contributed by atoms with Gasteiger partial charge in [-0.05, 0) is 60.2 Å². The third-order valence-corrected chi connectivity index (χ3v) is 10.1. The Balaban J connectivity index is 1.59. The lowest BCUT2D eigenvalue weighted by Gasteiger charge is -2.49. The highest BCUT2D eigenvalue weighted by atomic mass is 35.5. The van der Waals surface area contributed by atoms with Gasteiger partial charge in [0, 0.05) is 27.7 Å². The van der Waals surface area contributed by atoms with E-state index in [2.05, 4.69) is 15.2 Å². The van der Waals surface area contributed by atoms with Crippen LogP contribution in [0.3, 0.4) is 0 Å². The second kappa shape index (κ2) is 14.1. The van der Waals surface area contributed by atoms with Crippen LogP contribution in [0.1, 0.15) is 89.3 Å². The van der Waals surface area contributed by atoms with E-state index in [0.717, 1.165) is 30.2 Å². The first-order valence-electron chi connectivity index (χ1n) is 15.1. The van der Waals surface area contributed by atoms with Gasteiger partial charge in [-0.2, -0.15) is 0 Å². The summed E-state index contributed by atoms with van der Waals surface area (Å²) in [6.07, 6.45) is 5.00. The van der Waals surface area contributed by atoms with Crippen LogP contribution in [0.15, 0.2) is 71.9 Å². The smallest absolute Gasteiger partial charge is 0.255 e. The van der Waals surface area contributed by atoms with Crippen molar-refractivity contribution in [2.75, 3.05) is 6.26 Å². The Labute approximate surface area is 279 Å².